The van der Waals surface area contributed by atoms with Crippen LogP contribution in [0, 0.1) is 6.92 Å². The molecule has 0 saturated carbocycles. The van der Waals surface area contributed by atoms with Gasteiger partial charge in [-0.2, -0.15) is 0 Å². The lowest BCUT2D eigenvalue weighted by Gasteiger charge is -2.06. The van der Waals surface area contributed by atoms with E-state index in [2.05, 4.69) is 10.3 Å². The van der Waals surface area contributed by atoms with E-state index in [1.807, 2.05) is 79.7 Å². The maximum atomic E-state index is 12.7. The summed E-state index contributed by atoms with van der Waals surface area (Å²) in [6.07, 6.45) is 0. The number of rotatable bonds is 4. The molecule has 0 aliphatic carbocycles. The van der Waals surface area contributed by atoms with Gasteiger partial charge in [-0.15, -0.1) is 0 Å². The average Bonchev–Trinajstić information content (AvgIpc) is 3.25. The van der Waals surface area contributed by atoms with Gasteiger partial charge in [-0.25, -0.2) is 4.98 Å². The van der Waals surface area contributed by atoms with Crippen molar-refractivity contribution < 1.29 is 9.21 Å². The number of nitrogens with zero attached hydrogens (tertiary/aromatic N) is 1. The van der Waals surface area contributed by atoms with Crippen molar-refractivity contribution in [1.82, 2.24) is 4.98 Å². The Kier molecular flexibility index (Phi) is 5.21. The van der Waals surface area contributed by atoms with Gasteiger partial charge in [0.1, 0.15) is 5.52 Å². The summed E-state index contributed by atoms with van der Waals surface area (Å²) < 4.78 is 5.87. The molecule has 156 valence electrons. The highest BCUT2D eigenvalue weighted by Crippen LogP contribution is 2.29. The normalized spacial score (nSPS) is 10.9. The van der Waals surface area contributed by atoms with E-state index in [1.54, 1.807) is 18.2 Å². The highest BCUT2D eigenvalue weighted by atomic mass is 35.5. The van der Waals surface area contributed by atoms with Crippen molar-refractivity contribution in [3.05, 3.63) is 107 Å². The number of oxazole rings is 1. The molecule has 1 heterocycles. The van der Waals surface area contributed by atoms with Crippen LogP contribution in [0.2, 0.25) is 5.02 Å². The summed E-state index contributed by atoms with van der Waals surface area (Å²) in [5.41, 5.74) is 6.51. The van der Waals surface area contributed by atoms with Gasteiger partial charge in [0.05, 0.1) is 0 Å². The zero-order valence-electron chi connectivity index (χ0n) is 17.3. The van der Waals surface area contributed by atoms with Crippen LogP contribution in [0.3, 0.4) is 0 Å². The predicted molar refractivity (Wildman–Crippen MR) is 129 cm³/mol. The Bertz CT molecular complexity index is 1420. The first-order valence-corrected chi connectivity index (χ1v) is 10.6. The number of nitrogens with one attached hydrogen (secondary N) is 1. The van der Waals surface area contributed by atoms with E-state index in [1.165, 1.54) is 0 Å². The summed E-state index contributed by atoms with van der Waals surface area (Å²) in [7, 11) is 0. The molecule has 1 aromatic heterocycles. The molecule has 4 nitrogen and oxygen atoms in total. The standard InChI is InChI=1S/C27H19ClN2O2/c1-17-7-8-21(15-23(17)28)27-30-24-16-22(13-14-25(24)32-27)29-26(31)20-11-9-19(10-12-20)18-5-3-2-4-6-18/h2-16H,1H3,(H,29,31). The topological polar surface area (TPSA) is 55.1 Å². The lowest BCUT2D eigenvalue weighted by Crippen LogP contribution is -2.11. The van der Waals surface area contributed by atoms with Crippen molar-refractivity contribution in [2.75, 3.05) is 5.32 Å². The first-order chi connectivity index (χ1) is 15.6. The molecule has 0 radical (unpaired) electrons. The minimum Gasteiger partial charge on any atom is -0.436 e. The fourth-order valence-electron chi connectivity index (χ4n) is 3.50. The van der Waals surface area contributed by atoms with Crippen molar-refractivity contribution >= 4 is 34.3 Å². The molecular formula is C27H19ClN2O2. The number of anilines is 1. The minimum absolute atomic E-state index is 0.182. The molecule has 32 heavy (non-hydrogen) atoms. The Morgan fingerprint density at radius 3 is 2.31 bits per heavy atom. The smallest absolute Gasteiger partial charge is 0.255 e. The van der Waals surface area contributed by atoms with E-state index in [0.29, 0.717) is 33.3 Å². The third-order valence-corrected chi connectivity index (χ3v) is 5.73. The van der Waals surface area contributed by atoms with Gasteiger partial charge in [-0.3, -0.25) is 4.79 Å². The molecule has 5 heteroatoms. The molecule has 1 N–H and O–H groups in total. The number of carbonyl (C=O) groups excluding carboxylic acids is 1. The molecule has 0 aliphatic heterocycles. The average molecular weight is 439 g/mol. The van der Waals surface area contributed by atoms with Gasteiger partial charge in [0.15, 0.2) is 5.58 Å². The van der Waals surface area contributed by atoms with E-state index < -0.39 is 0 Å². The van der Waals surface area contributed by atoms with Gasteiger partial charge >= 0.3 is 0 Å². The monoisotopic (exact) mass is 438 g/mol. The number of hydrogen-bond donors (Lipinski definition) is 1. The lowest BCUT2D eigenvalue weighted by atomic mass is 10.0. The second-order valence-electron chi connectivity index (χ2n) is 7.56. The summed E-state index contributed by atoms with van der Waals surface area (Å²) in [5, 5.41) is 3.60. The van der Waals surface area contributed by atoms with E-state index in [4.69, 9.17) is 16.0 Å². The Morgan fingerprint density at radius 1 is 0.844 bits per heavy atom. The van der Waals surface area contributed by atoms with Crippen LogP contribution >= 0.6 is 11.6 Å². The Labute approximate surface area is 190 Å². The molecule has 0 saturated heterocycles. The molecule has 5 rings (SSSR count). The third-order valence-electron chi connectivity index (χ3n) is 5.32. The number of fused-ring (bicyclic) bond motifs is 1. The van der Waals surface area contributed by atoms with Gasteiger partial charge in [-0.1, -0.05) is 60.1 Å². The fraction of sp³-hybridized carbons (Fsp3) is 0.0370. The Balaban J connectivity index is 1.35. The van der Waals surface area contributed by atoms with Crippen LogP contribution < -0.4 is 5.32 Å². The molecule has 4 aromatic carbocycles. The van der Waals surface area contributed by atoms with E-state index >= 15 is 0 Å². The maximum Gasteiger partial charge on any atom is 0.255 e. The Hall–Kier alpha value is -3.89. The van der Waals surface area contributed by atoms with Crippen LogP contribution in [0.5, 0.6) is 0 Å². The van der Waals surface area contributed by atoms with Crippen LogP contribution in [0.1, 0.15) is 15.9 Å². The van der Waals surface area contributed by atoms with Gasteiger partial charge in [0.25, 0.3) is 5.91 Å². The van der Waals surface area contributed by atoms with Crippen LogP contribution in [0.25, 0.3) is 33.7 Å². The van der Waals surface area contributed by atoms with Crippen LogP contribution in [0.15, 0.2) is 95.4 Å². The molecular weight excluding hydrogens is 420 g/mol. The molecule has 5 aromatic rings. The second kappa shape index (κ2) is 8.33. The number of hydrogen-bond acceptors (Lipinski definition) is 3. The summed E-state index contributed by atoms with van der Waals surface area (Å²) in [6.45, 7) is 1.95. The molecule has 1 amide bonds. The molecule has 0 spiro atoms. The molecule has 0 fully saturated rings. The summed E-state index contributed by atoms with van der Waals surface area (Å²) in [6, 6.07) is 28.7. The third kappa shape index (κ3) is 4.01. The van der Waals surface area contributed by atoms with Crippen molar-refractivity contribution in [2.24, 2.45) is 0 Å². The zero-order chi connectivity index (χ0) is 22.1. The number of amides is 1. The van der Waals surface area contributed by atoms with E-state index in [0.717, 1.165) is 22.3 Å². The summed E-state index contributed by atoms with van der Waals surface area (Å²) in [5.74, 6) is 0.305. The maximum absolute atomic E-state index is 12.7. The lowest BCUT2D eigenvalue weighted by molar-refractivity contribution is 0.102. The number of carbonyl (C=O) groups is 1. The SMILES string of the molecule is Cc1ccc(-c2nc3cc(NC(=O)c4ccc(-c5ccccc5)cc4)ccc3o2)cc1Cl. The van der Waals surface area contributed by atoms with E-state index in [-0.39, 0.29) is 5.91 Å². The predicted octanol–water partition coefficient (Wildman–Crippen LogP) is 7.38. The number of halogens is 1. The fourth-order valence-corrected chi connectivity index (χ4v) is 3.68. The quantitative estimate of drug-likeness (QED) is 0.318. The number of benzene rings is 4. The van der Waals surface area contributed by atoms with Crippen molar-refractivity contribution in [3.63, 3.8) is 0 Å². The van der Waals surface area contributed by atoms with Gasteiger partial charge < -0.3 is 9.73 Å². The molecule has 0 aliphatic rings. The van der Waals surface area contributed by atoms with Crippen LogP contribution in [-0.4, -0.2) is 10.9 Å². The second-order valence-corrected chi connectivity index (χ2v) is 7.97. The largest absolute Gasteiger partial charge is 0.436 e. The van der Waals surface area contributed by atoms with Crippen molar-refractivity contribution in [3.8, 4) is 22.6 Å². The molecule has 0 bridgehead atoms. The first kappa shape index (κ1) is 20.0. The van der Waals surface area contributed by atoms with Crippen LogP contribution in [-0.2, 0) is 0 Å². The van der Waals surface area contributed by atoms with Gasteiger partial charge in [-0.05, 0) is 66.1 Å². The summed E-state index contributed by atoms with van der Waals surface area (Å²) >= 11 is 6.23. The first-order valence-electron chi connectivity index (χ1n) is 10.2. The zero-order valence-corrected chi connectivity index (χ0v) is 18.1. The molecule has 0 unspecified atom stereocenters. The van der Waals surface area contributed by atoms with Gasteiger partial charge in [0, 0.05) is 21.8 Å². The van der Waals surface area contributed by atoms with E-state index in [9.17, 15) is 4.79 Å². The van der Waals surface area contributed by atoms with Crippen molar-refractivity contribution in [2.45, 2.75) is 6.92 Å². The molecule has 0 atom stereocenters. The number of aryl methyl sites for hydroxylation is 1. The highest BCUT2D eigenvalue weighted by Gasteiger charge is 2.12. The van der Waals surface area contributed by atoms with Gasteiger partial charge in [0.2, 0.25) is 5.89 Å². The van der Waals surface area contributed by atoms with Crippen molar-refractivity contribution in [1.29, 1.82) is 0 Å². The number of aromatic nitrogens is 1. The summed E-state index contributed by atoms with van der Waals surface area (Å²) in [4.78, 5) is 17.3. The highest BCUT2D eigenvalue weighted by molar-refractivity contribution is 6.31. The Morgan fingerprint density at radius 2 is 1.56 bits per heavy atom. The minimum atomic E-state index is -0.182. The van der Waals surface area contributed by atoms with Crippen LogP contribution in [0.4, 0.5) is 5.69 Å².